The van der Waals surface area contributed by atoms with Crippen LogP contribution in [0.15, 0.2) is 54.7 Å². The van der Waals surface area contributed by atoms with Crippen molar-refractivity contribution < 1.29 is 5.94 Å². The van der Waals surface area contributed by atoms with Crippen LogP contribution in [0.1, 0.15) is 37.8 Å². The third-order valence-electron chi connectivity index (χ3n) is 5.23. The summed E-state index contributed by atoms with van der Waals surface area (Å²) in [5, 5.41) is 2.59. The van der Waals surface area contributed by atoms with Crippen molar-refractivity contribution in [1.82, 2.24) is 4.57 Å². The molecule has 25 heavy (non-hydrogen) atoms. The highest BCUT2D eigenvalue weighted by Gasteiger charge is 2.24. The topological polar surface area (TPSA) is 8.81 Å². The van der Waals surface area contributed by atoms with Gasteiger partial charge in [0.05, 0.1) is 13.2 Å². The van der Waals surface area contributed by atoms with Crippen LogP contribution in [-0.4, -0.2) is 4.57 Å². The van der Waals surface area contributed by atoms with Gasteiger partial charge in [-0.15, -0.1) is 0 Å². The number of aryl methyl sites for hydroxylation is 2. The van der Waals surface area contributed by atoms with Crippen LogP contribution < -0.4 is 4.57 Å². The van der Waals surface area contributed by atoms with E-state index in [1.165, 1.54) is 38.5 Å². The zero-order valence-corrected chi connectivity index (χ0v) is 15.6. The number of rotatable bonds is 2. The molecule has 0 aliphatic carbocycles. The second kappa shape index (κ2) is 5.73. The molecule has 4 rings (SSSR count). The number of fused-ring (bicyclic) bond motifs is 3. The van der Waals surface area contributed by atoms with E-state index in [9.17, 15) is 0 Å². The van der Waals surface area contributed by atoms with Crippen molar-refractivity contribution >= 4 is 21.8 Å². The Hall–Kier alpha value is -2.61. The molecule has 0 bridgehead atoms. The second-order valence-electron chi connectivity index (χ2n) is 7.21. The van der Waals surface area contributed by atoms with Gasteiger partial charge in [0.15, 0.2) is 0 Å². The molecule has 2 heteroatoms. The Labute approximate surface area is 150 Å². The Morgan fingerprint density at radius 2 is 1.76 bits per heavy atom. The van der Waals surface area contributed by atoms with Crippen molar-refractivity contribution in [3.8, 4) is 5.82 Å². The Morgan fingerprint density at radius 3 is 2.52 bits per heavy atom. The smallest absolute Gasteiger partial charge is 0.237 e. The molecule has 2 heterocycles. The first kappa shape index (κ1) is 14.7. The van der Waals surface area contributed by atoms with Crippen molar-refractivity contribution in [2.45, 2.75) is 33.6 Å². The first-order valence-electron chi connectivity index (χ1n) is 9.41. The Balaban J connectivity index is 2.29. The number of pyridine rings is 1. The van der Waals surface area contributed by atoms with E-state index in [-0.39, 0.29) is 0 Å². The van der Waals surface area contributed by atoms with Gasteiger partial charge in [0, 0.05) is 22.4 Å². The lowest BCUT2D eigenvalue weighted by Gasteiger charge is -2.13. The number of hydrogen-bond donors (Lipinski definition) is 0. The molecule has 0 spiro atoms. The fraction of sp³-hybridized carbons (Fsp3) is 0.261. The third kappa shape index (κ3) is 2.28. The second-order valence-corrected chi connectivity index (χ2v) is 7.21. The number of hydrogen-bond acceptors (Lipinski definition) is 0. The lowest BCUT2D eigenvalue weighted by molar-refractivity contribution is -0.665. The summed E-state index contributed by atoms with van der Waals surface area (Å²) >= 11 is 0. The minimum Gasteiger partial charge on any atom is -0.237 e. The van der Waals surface area contributed by atoms with Crippen molar-refractivity contribution in [3.05, 3.63) is 71.4 Å². The van der Waals surface area contributed by atoms with Crippen LogP contribution in [0.5, 0.6) is 0 Å². The maximum Gasteiger partial charge on any atom is 0.286 e. The van der Waals surface area contributed by atoms with Gasteiger partial charge in [-0.3, -0.25) is 0 Å². The maximum absolute atomic E-state index is 8.23. The van der Waals surface area contributed by atoms with Gasteiger partial charge in [-0.25, -0.2) is 4.57 Å². The Morgan fingerprint density at radius 1 is 1.04 bits per heavy atom. The van der Waals surface area contributed by atoms with E-state index < -0.39 is 0 Å². The van der Waals surface area contributed by atoms with Crippen LogP contribution in [0.3, 0.4) is 0 Å². The Bertz CT molecular complexity index is 1150. The molecular weight excluding hydrogens is 304 g/mol. The van der Waals surface area contributed by atoms with Gasteiger partial charge in [0.2, 0.25) is 0 Å². The summed E-state index contributed by atoms with van der Waals surface area (Å²) in [6.45, 7) is 8.96. The van der Waals surface area contributed by atoms with E-state index in [1.54, 1.807) is 0 Å². The highest BCUT2D eigenvalue weighted by Crippen LogP contribution is 2.38. The van der Waals surface area contributed by atoms with Crippen LogP contribution >= 0.6 is 0 Å². The molecule has 0 atom stereocenters. The summed E-state index contributed by atoms with van der Waals surface area (Å²) < 4.78 is 12.5. The number of benzene rings is 2. The molecule has 4 aromatic rings. The summed E-state index contributed by atoms with van der Waals surface area (Å²) in [5.41, 5.74) is 6.48. The predicted molar refractivity (Wildman–Crippen MR) is 106 cm³/mol. The van der Waals surface area contributed by atoms with Crippen molar-refractivity contribution in [3.63, 3.8) is 0 Å². The normalized spacial score (nSPS) is 12.3. The van der Waals surface area contributed by atoms with Crippen LogP contribution in [0.2, 0.25) is 0 Å². The van der Waals surface area contributed by atoms with E-state index in [0.717, 1.165) is 5.82 Å². The molecule has 0 aliphatic heterocycles. The molecule has 126 valence electrons. The lowest BCUT2D eigenvalue weighted by atomic mass is 9.92. The summed E-state index contributed by atoms with van der Waals surface area (Å²) in [6.07, 6.45) is 0.503. The molecular formula is C23H25N2+. The molecule has 0 fully saturated rings. The molecule has 0 aliphatic rings. The van der Waals surface area contributed by atoms with Gasteiger partial charge < -0.3 is 0 Å². The molecule has 0 N–H and O–H groups in total. The molecule has 0 unspecified atom stereocenters. The van der Waals surface area contributed by atoms with E-state index >= 15 is 0 Å². The zero-order chi connectivity index (χ0) is 18.6. The quantitative estimate of drug-likeness (QED) is 0.438. The summed E-state index contributed by atoms with van der Waals surface area (Å²) in [4.78, 5) is 0. The fourth-order valence-corrected chi connectivity index (χ4v) is 4.07. The molecule has 2 aromatic heterocycles. The van der Waals surface area contributed by atoms with E-state index in [1.807, 2.05) is 23.7 Å². The molecule has 0 saturated heterocycles. The van der Waals surface area contributed by atoms with Crippen molar-refractivity contribution in [1.29, 1.82) is 0 Å². The third-order valence-corrected chi connectivity index (χ3v) is 5.23. The summed E-state index contributed by atoms with van der Waals surface area (Å²) in [5.74, 6) is 1.49. The largest absolute Gasteiger partial charge is 0.286 e. The fourth-order valence-electron chi connectivity index (χ4n) is 4.07. The average molecular weight is 330 g/mol. The minimum absolute atomic E-state index is 0.473. The SMILES string of the molecule is [2H]c1cccc(-n2c3ccccc3c3c(C)cc(C(C)C)c(C)c32)[n+]1C. The van der Waals surface area contributed by atoms with Crippen molar-refractivity contribution in [2.24, 2.45) is 7.05 Å². The van der Waals surface area contributed by atoms with E-state index in [2.05, 4.69) is 68.7 Å². The molecule has 2 aromatic carbocycles. The average Bonchev–Trinajstić information content (AvgIpc) is 2.96. The van der Waals surface area contributed by atoms with Gasteiger partial charge in [-0.05, 0) is 49.1 Å². The highest BCUT2D eigenvalue weighted by molar-refractivity contribution is 6.11. The Kier molecular flexibility index (Phi) is 3.37. The summed E-state index contributed by atoms with van der Waals surface area (Å²) in [6, 6.07) is 16.8. The first-order chi connectivity index (χ1) is 12.4. The molecule has 0 saturated carbocycles. The lowest BCUT2D eigenvalue weighted by Crippen LogP contribution is -2.33. The van der Waals surface area contributed by atoms with Crippen LogP contribution in [0.25, 0.3) is 27.6 Å². The van der Waals surface area contributed by atoms with Crippen LogP contribution in [-0.2, 0) is 7.05 Å². The van der Waals surface area contributed by atoms with Crippen LogP contribution in [0.4, 0.5) is 0 Å². The van der Waals surface area contributed by atoms with Crippen LogP contribution in [0, 0.1) is 13.8 Å². The number of nitrogens with zero attached hydrogens (tertiary/aromatic N) is 2. The van der Waals surface area contributed by atoms with Crippen molar-refractivity contribution in [2.75, 3.05) is 0 Å². The molecule has 0 radical (unpaired) electrons. The molecule has 0 amide bonds. The van der Waals surface area contributed by atoms with E-state index in [4.69, 9.17) is 1.37 Å². The minimum atomic E-state index is 0.473. The maximum atomic E-state index is 8.23. The number of para-hydroxylation sites is 1. The van der Waals surface area contributed by atoms with Gasteiger partial charge in [0.25, 0.3) is 5.82 Å². The zero-order valence-electron chi connectivity index (χ0n) is 16.6. The monoisotopic (exact) mass is 330 g/mol. The highest BCUT2D eigenvalue weighted by atomic mass is 15.1. The van der Waals surface area contributed by atoms with E-state index in [0.29, 0.717) is 12.1 Å². The van der Waals surface area contributed by atoms with Gasteiger partial charge in [-0.2, -0.15) is 4.57 Å². The predicted octanol–water partition coefficient (Wildman–Crippen LogP) is 5.35. The van der Waals surface area contributed by atoms with Gasteiger partial charge >= 0.3 is 0 Å². The summed E-state index contributed by atoms with van der Waals surface area (Å²) in [7, 11) is 1.97. The first-order valence-corrected chi connectivity index (χ1v) is 8.91. The van der Waals surface area contributed by atoms with Gasteiger partial charge in [0.1, 0.15) is 12.4 Å². The van der Waals surface area contributed by atoms with Gasteiger partial charge in [-0.1, -0.05) is 38.1 Å². The number of aromatic nitrogens is 2. The standard InChI is InChI=1S/C23H25N2/c1-15(2)19-14-16(3)22-18-10-6-7-11-20(18)25(23(22)17(19)4)21-12-8-9-13-24(21)5/h6-15H,1-5H3/q+1/i13D. The molecule has 2 nitrogen and oxygen atoms in total.